The predicted octanol–water partition coefficient (Wildman–Crippen LogP) is 3.63. The number of ether oxygens (including phenoxy) is 1. The van der Waals surface area contributed by atoms with E-state index in [0.717, 1.165) is 5.56 Å². The van der Waals surface area contributed by atoms with Crippen molar-refractivity contribution < 1.29 is 9.53 Å². The summed E-state index contributed by atoms with van der Waals surface area (Å²) in [6.07, 6.45) is 1.30. The average molecular weight is 238 g/mol. The molecule has 2 nitrogen and oxygen atoms in total. The van der Waals surface area contributed by atoms with E-state index in [9.17, 15) is 4.79 Å². The molecule has 2 aromatic carbocycles. The lowest BCUT2D eigenvalue weighted by molar-refractivity contribution is 0.104. The van der Waals surface area contributed by atoms with Crippen LogP contribution >= 0.6 is 0 Å². The van der Waals surface area contributed by atoms with Gasteiger partial charge in [-0.1, -0.05) is 49.0 Å². The van der Waals surface area contributed by atoms with Crippen LogP contribution in [0.3, 0.4) is 0 Å². The van der Waals surface area contributed by atoms with Crippen LogP contribution in [0.2, 0.25) is 0 Å². The van der Waals surface area contributed by atoms with Crippen molar-refractivity contribution in [3.8, 4) is 5.75 Å². The largest absolute Gasteiger partial charge is 0.489 e. The van der Waals surface area contributed by atoms with Crippen molar-refractivity contribution in [3.05, 3.63) is 78.4 Å². The summed E-state index contributed by atoms with van der Waals surface area (Å²) in [6.45, 7) is 3.96. The minimum atomic E-state index is -0.0971. The van der Waals surface area contributed by atoms with Gasteiger partial charge >= 0.3 is 0 Å². The molecule has 0 N–H and O–H groups in total. The van der Waals surface area contributed by atoms with Crippen LogP contribution in [0.15, 0.2) is 67.3 Å². The molecule has 0 aromatic heterocycles. The van der Waals surface area contributed by atoms with Crippen molar-refractivity contribution in [1.82, 2.24) is 0 Å². The average Bonchev–Trinajstić information content (AvgIpc) is 2.45. The van der Waals surface area contributed by atoms with E-state index in [-0.39, 0.29) is 5.78 Å². The first-order chi connectivity index (χ1) is 8.79. The van der Waals surface area contributed by atoms with E-state index < -0.39 is 0 Å². The van der Waals surface area contributed by atoms with Crippen LogP contribution in [0.1, 0.15) is 15.9 Å². The highest BCUT2D eigenvalue weighted by Crippen LogP contribution is 2.15. The van der Waals surface area contributed by atoms with Crippen LogP contribution in [-0.4, -0.2) is 5.78 Å². The fourth-order valence-electron chi connectivity index (χ4n) is 1.60. The number of benzene rings is 2. The molecule has 0 saturated carbocycles. The molecule has 0 spiro atoms. The third-order valence-electron chi connectivity index (χ3n) is 2.55. The summed E-state index contributed by atoms with van der Waals surface area (Å²) in [7, 11) is 0. The smallest absolute Gasteiger partial charge is 0.185 e. The number of rotatable bonds is 5. The molecule has 0 aliphatic rings. The third kappa shape index (κ3) is 3.08. The summed E-state index contributed by atoms with van der Waals surface area (Å²) in [5.74, 6) is 0.590. The molecule has 0 amide bonds. The lowest BCUT2D eigenvalue weighted by Gasteiger charge is -2.07. The van der Waals surface area contributed by atoms with Gasteiger partial charge in [0.05, 0.1) is 0 Å². The Hall–Kier alpha value is -2.35. The van der Waals surface area contributed by atoms with E-state index in [2.05, 4.69) is 6.58 Å². The Morgan fingerprint density at radius 3 is 2.61 bits per heavy atom. The number of hydrogen-bond acceptors (Lipinski definition) is 2. The second-order valence-corrected chi connectivity index (χ2v) is 3.87. The summed E-state index contributed by atoms with van der Waals surface area (Å²) in [5, 5.41) is 0. The summed E-state index contributed by atoms with van der Waals surface area (Å²) >= 11 is 0. The molecular formula is C16H14O2. The zero-order valence-electron chi connectivity index (χ0n) is 10.0. The Labute approximate surface area is 107 Å². The van der Waals surface area contributed by atoms with Crippen LogP contribution in [0.5, 0.6) is 5.75 Å². The van der Waals surface area contributed by atoms with Crippen LogP contribution in [0.25, 0.3) is 0 Å². The van der Waals surface area contributed by atoms with Gasteiger partial charge in [0.25, 0.3) is 0 Å². The molecule has 2 rings (SSSR count). The second kappa shape index (κ2) is 5.82. The van der Waals surface area contributed by atoms with Gasteiger partial charge in [0.15, 0.2) is 5.78 Å². The number of carbonyl (C=O) groups excluding carboxylic acids is 1. The molecule has 90 valence electrons. The zero-order chi connectivity index (χ0) is 12.8. The molecular weight excluding hydrogens is 224 g/mol. The molecule has 0 fully saturated rings. The summed E-state index contributed by atoms with van der Waals surface area (Å²) in [4.78, 5) is 11.5. The molecule has 18 heavy (non-hydrogen) atoms. The lowest BCUT2D eigenvalue weighted by atomic mass is 10.1. The van der Waals surface area contributed by atoms with E-state index in [1.54, 1.807) is 18.2 Å². The molecule has 0 bridgehead atoms. The van der Waals surface area contributed by atoms with Gasteiger partial charge in [-0.3, -0.25) is 4.79 Å². The monoisotopic (exact) mass is 238 g/mol. The standard InChI is InChI=1S/C16H14O2/c1-2-16(17)14-9-6-10-15(11-14)18-12-13-7-4-3-5-8-13/h2-11H,1,12H2. The van der Waals surface area contributed by atoms with E-state index in [1.165, 1.54) is 6.08 Å². The van der Waals surface area contributed by atoms with Gasteiger partial charge in [-0.25, -0.2) is 0 Å². The van der Waals surface area contributed by atoms with E-state index >= 15 is 0 Å². The highest BCUT2D eigenvalue weighted by molar-refractivity contribution is 6.04. The quantitative estimate of drug-likeness (QED) is 0.587. The minimum Gasteiger partial charge on any atom is -0.489 e. The summed E-state index contributed by atoms with van der Waals surface area (Å²) in [6, 6.07) is 17.0. The molecule has 0 aliphatic heterocycles. The molecule has 0 atom stereocenters. The van der Waals surface area contributed by atoms with Crippen molar-refractivity contribution in [1.29, 1.82) is 0 Å². The topological polar surface area (TPSA) is 26.3 Å². The minimum absolute atomic E-state index is 0.0971. The Bertz CT molecular complexity index is 544. The molecule has 2 heteroatoms. The van der Waals surface area contributed by atoms with Crippen LogP contribution < -0.4 is 4.74 Å². The zero-order valence-corrected chi connectivity index (χ0v) is 10.0. The summed E-state index contributed by atoms with van der Waals surface area (Å²) in [5.41, 5.74) is 1.69. The summed E-state index contributed by atoms with van der Waals surface area (Å²) < 4.78 is 5.64. The second-order valence-electron chi connectivity index (χ2n) is 3.87. The van der Waals surface area contributed by atoms with Gasteiger partial charge in [-0.15, -0.1) is 0 Å². The van der Waals surface area contributed by atoms with Crippen molar-refractivity contribution >= 4 is 5.78 Å². The van der Waals surface area contributed by atoms with Crippen LogP contribution in [-0.2, 0) is 6.61 Å². The lowest BCUT2D eigenvalue weighted by Crippen LogP contribution is -1.98. The van der Waals surface area contributed by atoms with E-state index in [1.807, 2.05) is 36.4 Å². The van der Waals surface area contributed by atoms with Crippen molar-refractivity contribution in [2.45, 2.75) is 6.61 Å². The van der Waals surface area contributed by atoms with Gasteiger partial charge in [-0.2, -0.15) is 0 Å². The Kier molecular flexibility index (Phi) is 3.92. The number of allylic oxidation sites excluding steroid dienone is 1. The van der Waals surface area contributed by atoms with Crippen molar-refractivity contribution in [2.75, 3.05) is 0 Å². The first-order valence-corrected chi connectivity index (χ1v) is 5.73. The van der Waals surface area contributed by atoms with Crippen molar-refractivity contribution in [3.63, 3.8) is 0 Å². The van der Waals surface area contributed by atoms with Gasteiger partial charge in [0, 0.05) is 5.56 Å². The van der Waals surface area contributed by atoms with Gasteiger partial charge in [0.1, 0.15) is 12.4 Å². The van der Waals surface area contributed by atoms with E-state index in [0.29, 0.717) is 17.9 Å². The first kappa shape index (κ1) is 12.1. The molecule has 2 aromatic rings. The molecule has 0 heterocycles. The van der Waals surface area contributed by atoms with Gasteiger partial charge < -0.3 is 4.74 Å². The van der Waals surface area contributed by atoms with Crippen molar-refractivity contribution in [2.24, 2.45) is 0 Å². The van der Waals surface area contributed by atoms with Crippen LogP contribution in [0.4, 0.5) is 0 Å². The number of hydrogen-bond donors (Lipinski definition) is 0. The predicted molar refractivity (Wildman–Crippen MR) is 71.7 cm³/mol. The van der Waals surface area contributed by atoms with Gasteiger partial charge in [0.2, 0.25) is 0 Å². The Balaban J connectivity index is 2.06. The normalized spacial score (nSPS) is 9.78. The van der Waals surface area contributed by atoms with E-state index in [4.69, 9.17) is 4.74 Å². The number of carbonyl (C=O) groups is 1. The Morgan fingerprint density at radius 1 is 1.11 bits per heavy atom. The fraction of sp³-hybridized carbons (Fsp3) is 0.0625. The maximum absolute atomic E-state index is 11.5. The third-order valence-corrected chi connectivity index (χ3v) is 2.55. The first-order valence-electron chi connectivity index (χ1n) is 5.73. The number of ketones is 1. The fourth-order valence-corrected chi connectivity index (χ4v) is 1.60. The molecule has 0 radical (unpaired) electrons. The maximum atomic E-state index is 11.5. The maximum Gasteiger partial charge on any atom is 0.185 e. The van der Waals surface area contributed by atoms with Crippen LogP contribution in [0, 0.1) is 0 Å². The Morgan fingerprint density at radius 2 is 1.89 bits per heavy atom. The molecule has 0 aliphatic carbocycles. The highest BCUT2D eigenvalue weighted by atomic mass is 16.5. The SMILES string of the molecule is C=CC(=O)c1cccc(OCc2ccccc2)c1. The molecule has 0 unspecified atom stereocenters. The molecule has 0 saturated heterocycles. The highest BCUT2D eigenvalue weighted by Gasteiger charge is 2.02. The van der Waals surface area contributed by atoms with Gasteiger partial charge in [-0.05, 0) is 23.8 Å².